The predicted octanol–water partition coefficient (Wildman–Crippen LogP) is -0.457. The molecule has 5 aliphatic heterocycles. The lowest BCUT2D eigenvalue weighted by atomic mass is 9.87. The number of allylic oxidation sites excluding steroid dienone is 2. The molecule has 8 heteroatoms. The van der Waals surface area contributed by atoms with Gasteiger partial charge in [0, 0.05) is 24.7 Å². The third-order valence-corrected chi connectivity index (χ3v) is 5.93. The molecule has 5 aliphatic rings. The van der Waals surface area contributed by atoms with E-state index >= 15 is 0 Å². The van der Waals surface area contributed by atoms with Gasteiger partial charge in [-0.1, -0.05) is 0 Å². The first-order valence-electron chi connectivity index (χ1n) is 9.71. The molecule has 0 bridgehead atoms. The number of ether oxygens (including phenoxy) is 1. The van der Waals surface area contributed by atoms with Gasteiger partial charge in [0.2, 0.25) is 0 Å². The number of hydrogen-bond donors (Lipinski definition) is 4. The summed E-state index contributed by atoms with van der Waals surface area (Å²) in [5, 5.41) is 10.3. The average molecular weight is 374 g/mol. The van der Waals surface area contributed by atoms with Crippen molar-refractivity contribution in [2.45, 2.75) is 24.5 Å². The van der Waals surface area contributed by atoms with Gasteiger partial charge in [-0.15, -0.1) is 0 Å². The van der Waals surface area contributed by atoms with Crippen molar-refractivity contribution >= 4 is 0 Å². The van der Waals surface area contributed by atoms with Crippen LogP contribution >= 0.6 is 0 Å². The summed E-state index contributed by atoms with van der Waals surface area (Å²) in [6.45, 7) is 4.79. The van der Waals surface area contributed by atoms with E-state index in [2.05, 4.69) is 37.9 Å². The van der Waals surface area contributed by atoms with Gasteiger partial charge in [-0.3, -0.25) is 10.2 Å². The maximum absolute atomic E-state index is 13.4. The van der Waals surface area contributed by atoms with Crippen LogP contribution in [0.15, 0.2) is 47.6 Å². The topological polar surface area (TPSA) is 77.8 Å². The zero-order valence-corrected chi connectivity index (χ0v) is 15.3. The Morgan fingerprint density at radius 1 is 1.15 bits per heavy atom. The summed E-state index contributed by atoms with van der Waals surface area (Å²) >= 11 is 0. The van der Waals surface area contributed by atoms with Crippen LogP contribution in [0.5, 0.6) is 0 Å². The predicted molar refractivity (Wildman–Crippen MR) is 101 cm³/mol. The Kier molecular flexibility index (Phi) is 4.34. The first-order chi connectivity index (χ1) is 13.1. The van der Waals surface area contributed by atoms with E-state index in [1.165, 1.54) is 5.57 Å². The second-order valence-electron chi connectivity index (χ2n) is 7.97. The van der Waals surface area contributed by atoms with Crippen molar-refractivity contribution < 1.29 is 9.13 Å². The second-order valence-corrected chi connectivity index (χ2v) is 7.97. The zero-order chi connectivity index (χ0) is 18.4. The molecule has 3 saturated heterocycles. The van der Waals surface area contributed by atoms with Gasteiger partial charge in [-0.05, 0) is 36.1 Å². The van der Waals surface area contributed by atoms with Crippen LogP contribution in [0, 0.1) is 5.92 Å². The van der Waals surface area contributed by atoms with Gasteiger partial charge in [0.05, 0.1) is 44.7 Å². The van der Waals surface area contributed by atoms with E-state index in [0.717, 1.165) is 37.8 Å². The van der Waals surface area contributed by atoms with E-state index in [1.807, 2.05) is 18.4 Å². The van der Waals surface area contributed by atoms with Gasteiger partial charge in [0.1, 0.15) is 12.0 Å². The Morgan fingerprint density at radius 2 is 1.96 bits per heavy atom. The number of nitrogens with one attached hydrogen (secondary N) is 3. The molecule has 0 radical (unpaired) electrons. The lowest BCUT2D eigenvalue weighted by Gasteiger charge is -2.49. The molecule has 7 nitrogen and oxygen atoms in total. The molecule has 27 heavy (non-hydrogen) atoms. The third-order valence-electron chi connectivity index (χ3n) is 5.93. The molecular formula is C19H27FN6O. The molecule has 0 aromatic carbocycles. The van der Waals surface area contributed by atoms with Gasteiger partial charge in [-0.25, -0.2) is 4.39 Å². The quantitative estimate of drug-likeness (QED) is 0.519. The van der Waals surface area contributed by atoms with E-state index in [4.69, 9.17) is 10.5 Å². The van der Waals surface area contributed by atoms with E-state index < -0.39 is 6.17 Å². The van der Waals surface area contributed by atoms with Crippen molar-refractivity contribution in [1.82, 2.24) is 25.8 Å². The molecular weight excluding hydrogens is 347 g/mol. The van der Waals surface area contributed by atoms with Crippen molar-refractivity contribution in [2.75, 3.05) is 39.4 Å². The normalized spacial score (nSPS) is 32.3. The van der Waals surface area contributed by atoms with Crippen LogP contribution in [0.3, 0.4) is 0 Å². The highest BCUT2D eigenvalue weighted by atomic mass is 19.1. The summed E-state index contributed by atoms with van der Waals surface area (Å²) in [5.74, 6) is 1.53. The SMILES string of the molecule is NC1=CC(NC2C=C(C3CN(C4COC4)C3)C=C(N3CC(F)C3)N2)NC=C1. The number of nitrogens with zero attached hydrogens (tertiary/aromatic N) is 2. The van der Waals surface area contributed by atoms with Crippen LogP contribution in [0.2, 0.25) is 0 Å². The van der Waals surface area contributed by atoms with Crippen LogP contribution in [-0.4, -0.2) is 73.7 Å². The maximum Gasteiger partial charge on any atom is 0.135 e. The molecule has 0 spiro atoms. The van der Waals surface area contributed by atoms with Gasteiger partial charge >= 0.3 is 0 Å². The summed E-state index contributed by atoms with van der Waals surface area (Å²) in [4.78, 5) is 4.56. The van der Waals surface area contributed by atoms with E-state index in [1.54, 1.807) is 0 Å². The number of likely N-dealkylation sites (tertiary alicyclic amines) is 2. The third kappa shape index (κ3) is 3.44. The molecule has 5 heterocycles. The molecule has 2 atom stereocenters. The lowest BCUT2D eigenvalue weighted by molar-refractivity contribution is -0.0959. The highest BCUT2D eigenvalue weighted by Gasteiger charge is 2.39. The number of halogens is 1. The van der Waals surface area contributed by atoms with Gasteiger partial charge in [-0.2, -0.15) is 0 Å². The van der Waals surface area contributed by atoms with Crippen molar-refractivity contribution in [3.63, 3.8) is 0 Å². The van der Waals surface area contributed by atoms with Crippen molar-refractivity contribution in [1.29, 1.82) is 0 Å². The van der Waals surface area contributed by atoms with Gasteiger partial charge in [0.25, 0.3) is 0 Å². The Labute approximate surface area is 158 Å². The molecule has 146 valence electrons. The Morgan fingerprint density at radius 3 is 2.63 bits per heavy atom. The summed E-state index contributed by atoms with van der Waals surface area (Å²) < 4.78 is 18.7. The minimum absolute atomic E-state index is 0.0344. The lowest BCUT2D eigenvalue weighted by Crippen LogP contribution is -2.60. The number of alkyl halides is 1. The molecule has 2 unspecified atom stereocenters. The summed E-state index contributed by atoms with van der Waals surface area (Å²) in [7, 11) is 0. The van der Waals surface area contributed by atoms with E-state index in [-0.39, 0.29) is 12.3 Å². The van der Waals surface area contributed by atoms with Crippen LogP contribution in [0.4, 0.5) is 4.39 Å². The zero-order valence-electron chi connectivity index (χ0n) is 15.3. The summed E-state index contributed by atoms with van der Waals surface area (Å²) in [6.07, 6.45) is 9.29. The smallest absolute Gasteiger partial charge is 0.135 e. The second kappa shape index (κ2) is 6.85. The minimum atomic E-state index is -0.723. The van der Waals surface area contributed by atoms with Gasteiger partial charge < -0.3 is 26.0 Å². The monoisotopic (exact) mass is 374 g/mol. The number of nitrogens with two attached hydrogens (primary N) is 1. The molecule has 5 N–H and O–H groups in total. The van der Waals surface area contributed by atoms with Crippen molar-refractivity contribution in [3.05, 3.63) is 47.6 Å². The first-order valence-corrected chi connectivity index (χ1v) is 9.71. The molecule has 3 fully saturated rings. The van der Waals surface area contributed by atoms with Crippen molar-refractivity contribution in [3.8, 4) is 0 Å². The summed E-state index contributed by atoms with van der Waals surface area (Å²) in [6, 6.07) is 0.593. The van der Waals surface area contributed by atoms with E-state index in [9.17, 15) is 4.39 Å². The van der Waals surface area contributed by atoms with Crippen molar-refractivity contribution in [2.24, 2.45) is 11.7 Å². The largest absolute Gasteiger partial charge is 0.399 e. The van der Waals surface area contributed by atoms with Crippen LogP contribution in [-0.2, 0) is 4.74 Å². The molecule has 0 aliphatic carbocycles. The molecule has 0 aromatic rings. The Hall–Kier alpha value is -2.03. The molecule has 5 rings (SSSR count). The molecule has 0 aromatic heterocycles. The Balaban J connectivity index is 1.27. The highest BCUT2D eigenvalue weighted by molar-refractivity contribution is 5.34. The van der Waals surface area contributed by atoms with E-state index in [0.29, 0.717) is 25.0 Å². The number of dihydropyridines is 2. The maximum atomic E-state index is 13.4. The van der Waals surface area contributed by atoms with Crippen LogP contribution in [0.25, 0.3) is 0 Å². The van der Waals surface area contributed by atoms with Crippen LogP contribution in [0.1, 0.15) is 0 Å². The standard InChI is InChI=1S/C19H27FN6O/c20-14-8-26(9-14)19-4-12(13-6-25(7-13)16-10-27-11-16)3-18(24-19)23-17-5-15(21)1-2-22-17/h1-5,13-14,16-18,22-24H,6-11,21H2. The average Bonchev–Trinajstić information content (AvgIpc) is 2.52. The fourth-order valence-electron chi connectivity index (χ4n) is 4.08. The number of rotatable bonds is 5. The number of hydrogen-bond acceptors (Lipinski definition) is 7. The molecule has 0 saturated carbocycles. The van der Waals surface area contributed by atoms with Gasteiger partial charge in [0.15, 0.2) is 0 Å². The fraction of sp³-hybridized carbons (Fsp3) is 0.579. The summed E-state index contributed by atoms with van der Waals surface area (Å²) in [5.41, 5.74) is 7.96. The Bertz CT molecular complexity index is 703. The first kappa shape index (κ1) is 17.1. The minimum Gasteiger partial charge on any atom is -0.399 e. The molecule has 0 amide bonds. The fourth-order valence-corrected chi connectivity index (χ4v) is 4.08. The highest BCUT2D eigenvalue weighted by Crippen LogP contribution is 2.31. The van der Waals surface area contributed by atoms with Crippen LogP contribution < -0.4 is 21.7 Å².